The lowest BCUT2D eigenvalue weighted by Gasteiger charge is -2.15. The normalized spacial score (nSPS) is 12.0. The molecule has 1 atom stereocenters. The van der Waals surface area contributed by atoms with Crippen LogP contribution in [0.4, 0.5) is 0 Å². The molecule has 1 aromatic rings. The molecule has 0 saturated carbocycles. The quantitative estimate of drug-likeness (QED) is 0.567. The second kappa shape index (κ2) is 11.3. The number of unbranched alkanes of at least 4 members (excludes halogenated alkanes) is 1. The summed E-state index contributed by atoms with van der Waals surface area (Å²) in [6.07, 6.45) is 6.01. The number of halogens is 1. The highest BCUT2D eigenvalue weighted by Crippen LogP contribution is 2.21. The van der Waals surface area contributed by atoms with Crippen LogP contribution < -0.4 is 10.1 Å². The Kier molecular flexibility index (Phi) is 9.77. The zero-order valence-corrected chi connectivity index (χ0v) is 15.4. The highest BCUT2D eigenvalue weighted by atomic mass is 35.5. The van der Waals surface area contributed by atoms with E-state index in [1.165, 1.54) is 19.3 Å². The van der Waals surface area contributed by atoms with Crippen molar-refractivity contribution < 1.29 is 9.53 Å². The molecule has 0 fully saturated rings. The molecule has 0 aliphatic rings. The zero-order valence-electron chi connectivity index (χ0n) is 14.7. The Morgan fingerprint density at radius 3 is 2.74 bits per heavy atom. The molecule has 0 heterocycles. The molecule has 0 aliphatic heterocycles. The van der Waals surface area contributed by atoms with Gasteiger partial charge in [-0.2, -0.15) is 0 Å². The minimum Gasteiger partial charge on any atom is -0.493 e. The van der Waals surface area contributed by atoms with Crippen molar-refractivity contribution >= 4 is 17.5 Å². The van der Waals surface area contributed by atoms with E-state index in [1.807, 2.05) is 25.1 Å². The lowest BCUT2D eigenvalue weighted by atomic mass is 9.99. The molecule has 1 amide bonds. The topological polar surface area (TPSA) is 38.3 Å². The second-order valence-electron chi connectivity index (χ2n) is 6.08. The van der Waals surface area contributed by atoms with Crippen LogP contribution >= 0.6 is 11.6 Å². The van der Waals surface area contributed by atoms with Crippen molar-refractivity contribution in [1.29, 1.82) is 0 Å². The van der Waals surface area contributed by atoms with Gasteiger partial charge in [0.25, 0.3) is 0 Å². The number of benzene rings is 1. The van der Waals surface area contributed by atoms with Gasteiger partial charge in [-0.1, -0.05) is 44.7 Å². The van der Waals surface area contributed by atoms with Gasteiger partial charge in [0.1, 0.15) is 5.75 Å². The number of rotatable bonds is 11. The first kappa shape index (κ1) is 19.8. The summed E-state index contributed by atoms with van der Waals surface area (Å²) in [4.78, 5) is 11.9. The maximum atomic E-state index is 11.9. The Bertz CT molecular complexity index is 476. The fourth-order valence-electron chi connectivity index (χ4n) is 2.48. The highest BCUT2D eigenvalue weighted by Gasteiger charge is 2.08. The van der Waals surface area contributed by atoms with Crippen molar-refractivity contribution in [3.05, 3.63) is 28.8 Å². The van der Waals surface area contributed by atoms with Crippen molar-refractivity contribution in [2.45, 2.75) is 59.3 Å². The van der Waals surface area contributed by atoms with Gasteiger partial charge in [-0.25, -0.2) is 0 Å². The van der Waals surface area contributed by atoms with Crippen LogP contribution in [0, 0.1) is 12.8 Å². The van der Waals surface area contributed by atoms with Crippen molar-refractivity contribution in [1.82, 2.24) is 5.32 Å². The van der Waals surface area contributed by atoms with Crippen molar-refractivity contribution in [3.8, 4) is 5.75 Å². The largest absolute Gasteiger partial charge is 0.493 e. The molecule has 0 aromatic heterocycles. The monoisotopic (exact) mass is 339 g/mol. The van der Waals surface area contributed by atoms with E-state index < -0.39 is 0 Å². The molecule has 0 bridgehead atoms. The molecule has 1 unspecified atom stereocenters. The van der Waals surface area contributed by atoms with Crippen LogP contribution in [0.5, 0.6) is 5.75 Å². The van der Waals surface area contributed by atoms with E-state index in [0.717, 1.165) is 30.7 Å². The van der Waals surface area contributed by atoms with Crippen LogP contribution in [0.25, 0.3) is 0 Å². The maximum absolute atomic E-state index is 11.9. The van der Waals surface area contributed by atoms with Crippen LogP contribution in [0.3, 0.4) is 0 Å². The van der Waals surface area contributed by atoms with E-state index in [9.17, 15) is 4.79 Å². The van der Waals surface area contributed by atoms with Gasteiger partial charge in [-0.05, 0) is 49.4 Å². The summed E-state index contributed by atoms with van der Waals surface area (Å²) in [5.74, 6) is 1.56. The predicted molar refractivity (Wildman–Crippen MR) is 97.2 cm³/mol. The minimum absolute atomic E-state index is 0.122. The first-order valence-electron chi connectivity index (χ1n) is 8.72. The van der Waals surface area contributed by atoms with Crippen LogP contribution in [0.15, 0.2) is 18.2 Å². The van der Waals surface area contributed by atoms with E-state index in [1.54, 1.807) is 0 Å². The highest BCUT2D eigenvalue weighted by molar-refractivity contribution is 6.30. The van der Waals surface area contributed by atoms with Gasteiger partial charge in [-0.3, -0.25) is 4.79 Å². The van der Waals surface area contributed by atoms with Gasteiger partial charge in [0.15, 0.2) is 0 Å². The molecule has 130 valence electrons. The van der Waals surface area contributed by atoms with Gasteiger partial charge in [-0.15, -0.1) is 0 Å². The Balaban J connectivity index is 2.18. The molecule has 0 aliphatic carbocycles. The van der Waals surface area contributed by atoms with Crippen LogP contribution in [-0.2, 0) is 4.79 Å². The third-order valence-electron chi connectivity index (χ3n) is 4.07. The van der Waals surface area contributed by atoms with Crippen molar-refractivity contribution in [3.63, 3.8) is 0 Å². The molecule has 0 radical (unpaired) electrons. The molecule has 0 spiro atoms. The molecule has 1 rings (SSSR count). The standard InChI is InChI=1S/C19H30ClNO2/c1-4-6-8-16(5-2)14-21-19(22)9-7-12-23-18-11-10-17(20)13-15(18)3/h10-11,13,16H,4-9,12,14H2,1-3H3,(H,21,22). The van der Waals surface area contributed by atoms with E-state index in [4.69, 9.17) is 16.3 Å². The van der Waals surface area contributed by atoms with Gasteiger partial charge < -0.3 is 10.1 Å². The summed E-state index contributed by atoms with van der Waals surface area (Å²) in [5, 5.41) is 3.76. The molecular formula is C19H30ClNO2. The lowest BCUT2D eigenvalue weighted by molar-refractivity contribution is -0.121. The first-order chi connectivity index (χ1) is 11.1. The Morgan fingerprint density at radius 2 is 2.09 bits per heavy atom. The molecule has 1 aromatic carbocycles. The summed E-state index contributed by atoms with van der Waals surface area (Å²) >= 11 is 5.92. The molecule has 1 N–H and O–H groups in total. The van der Waals surface area contributed by atoms with Gasteiger partial charge >= 0.3 is 0 Å². The van der Waals surface area contributed by atoms with Crippen LogP contribution in [-0.4, -0.2) is 19.1 Å². The smallest absolute Gasteiger partial charge is 0.220 e. The first-order valence-corrected chi connectivity index (χ1v) is 9.10. The summed E-state index contributed by atoms with van der Waals surface area (Å²) in [5.41, 5.74) is 1.02. The Hall–Kier alpha value is -1.22. The number of amides is 1. The fourth-order valence-corrected chi connectivity index (χ4v) is 2.71. The zero-order chi connectivity index (χ0) is 17.1. The van der Waals surface area contributed by atoms with E-state index in [2.05, 4.69) is 19.2 Å². The number of carbonyl (C=O) groups is 1. The Morgan fingerprint density at radius 1 is 1.30 bits per heavy atom. The summed E-state index contributed by atoms with van der Waals surface area (Å²) in [7, 11) is 0. The molecule has 4 heteroatoms. The third-order valence-corrected chi connectivity index (χ3v) is 4.31. The van der Waals surface area contributed by atoms with Crippen molar-refractivity contribution in [2.75, 3.05) is 13.2 Å². The Labute approximate surface area is 145 Å². The van der Waals surface area contributed by atoms with Gasteiger partial charge in [0.05, 0.1) is 6.61 Å². The molecule has 0 saturated heterocycles. The second-order valence-corrected chi connectivity index (χ2v) is 6.52. The van der Waals surface area contributed by atoms with E-state index in [-0.39, 0.29) is 5.91 Å². The number of carbonyl (C=O) groups excluding carboxylic acids is 1. The lowest BCUT2D eigenvalue weighted by Crippen LogP contribution is -2.29. The number of hydrogen-bond acceptors (Lipinski definition) is 2. The van der Waals surface area contributed by atoms with Gasteiger partial charge in [0, 0.05) is 18.0 Å². The average Bonchev–Trinajstić information content (AvgIpc) is 2.53. The molecule has 3 nitrogen and oxygen atoms in total. The SMILES string of the molecule is CCCCC(CC)CNC(=O)CCCOc1ccc(Cl)cc1C. The van der Waals surface area contributed by atoms with Gasteiger partial charge in [0.2, 0.25) is 5.91 Å². The maximum Gasteiger partial charge on any atom is 0.220 e. The summed E-state index contributed by atoms with van der Waals surface area (Å²) in [6, 6.07) is 5.57. The third kappa shape index (κ3) is 8.26. The molecule has 23 heavy (non-hydrogen) atoms. The summed E-state index contributed by atoms with van der Waals surface area (Å²) < 4.78 is 5.70. The van der Waals surface area contributed by atoms with Crippen LogP contribution in [0.1, 0.15) is 57.9 Å². The minimum atomic E-state index is 0.122. The average molecular weight is 340 g/mol. The number of hydrogen-bond donors (Lipinski definition) is 1. The molecular weight excluding hydrogens is 310 g/mol. The van der Waals surface area contributed by atoms with Crippen molar-refractivity contribution in [2.24, 2.45) is 5.92 Å². The number of nitrogens with one attached hydrogen (secondary N) is 1. The number of ether oxygens (including phenoxy) is 1. The van der Waals surface area contributed by atoms with E-state index >= 15 is 0 Å². The summed E-state index contributed by atoms with van der Waals surface area (Å²) in [6.45, 7) is 7.70. The fraction of sp³-hybridized carbons (Fsp3) is 0.632. The van der Waals surface area contributed by atoms with E-state index in [0.29, 0.717) is 24.0 Å². The number of aryl methyl sites for hydroxylation is 1. The van der Waals surface area contributed by atoms with Crippen LogP contribution in [0.2, 0.25) is 5.02 Å². The predicted octanol–water partition coefficient (Wildman–Crippen LogP) is 5.14.